The van der Waals surface area contributed by atoms with Crippen LogP contribution in [-0.2, 0) is 9.53 Å². The number of hydrogen-bond donors (Lipinski definition) is 1. The van der Waals surface area contributed by atoms with Crippen molar-refractivity contribution in [2.75, 3.05) is 40.4 Å². The van der Waals surface area contributed by atoms with E-state index in [1.165, 1.54) is 0 Å². The highest BCUT2D eigenvalue weighted by atomic mass is 16.5. The molecule has 1 rings (SSSR count). The standard InChI is InChI=1S/C13H24N2O4/c1-4-13(11(16)17)6-5-7-15(10-13)12(18)14(2)8-9-19-3/h4-10H2,1-3H3,(H,16,17). The molecular formula is C13H24N2O4. The van der Waals surface area contributed by atoms with E-state index in [-0.39, 0.29) is 6.03 Å². The molecule has 1 aliphatic rings. The van der Waals surface area contributed by atoms with Gasteiger partial charge in [0.1, 0.15) is 0 Å². The van der Waals surface area contributed by atoms with Crippen molar-refractivity contribution < 1.29 is 19.4 Å². The molecule has 1 unspecified atom stereocenters. The number of hydrogen-bond acceptors (Lipinski definition) is 3. The molecule has 2 amide bonds. The van der Waals surface area contributed by atoms with Crippen LogP contribution in [0.3, 0.4) is 0 Å². The Labute approximate surface area is 114 Å². The Bertz CT molecular complexity index is 335. The van der Waals surface area contributed by atoms with Crippen LogP contribution in [0.25, 0.3) is 0 Å². The van der Waals surface area contributed by atoms with Crippen LogP contribution in [0.5, 0.6) is 0 Å². The molecular weight excluding hydrogens is 248 g/mol. The Morgan fingerprint density at radius 2 is 2.16 bits per heavy atom. The summed E-state index contributed by atoms with van der Waals surface area (Å²) in [6.07, 6.45) is 1.93. The third-order valence-electron chi connectivity index (χ3n) is 3.94. The molecule has 0 aliphatic carbocycles. The molecule has 0 saturated carbocycles. The van der Waals surface area contributed by atoms with E-state index in [1.807, 2.05) is 6.92 Å². The van der Waals surface area contributed by atoms with Crippen LogP contribution in [0, 0.1) is 5.41 Å². The van der Waals surface area contributed by atoms with E-state index in [4.69, 9.17) is 4.74 Å². The average molecular weight is 272 g/mol. The normalized spacial score (nSPS) is 23.2. The van der Waals surface area contributed by atoms with E-state index in [1.54, 1.807) is 24.0 Å². The summed E-state index contributed by atoms with van der Waals surface area (Å²) in [6.45, 7) is 3.79. The maximum absolute atomic E-state index is 12.2. The van der Waals surface area contributed by atoms with Crippen LogP contribution in [0.15, 0.2) is 0 Å². The number of piperidine rings is 1. The first kappa shape index (κ1) is 15.8. The quantitative estimate of drug-likeness (QED) is 0.818. The number of carbonyl (C=O) groups is 2. The molecule has 1 saturated heterocycles. The molecule has 6 nitrogen and oxygen atoms in total. The fourth-order valence-corrected chi connectivity index (χ4v) is 2.47. The lowest BCUT2D eigenvalue weighted by Gasteiger charge is -2.40. The number of amides is 2. The van der Waals surface area contributed by atoms with Gasteiger partial charge in [0.2, 0.25) is 0 Å². The minimum absolute atomic E-state index is 0.115. The van der Waals surface area contributed by atoms with Crippen molar-refractivity contribution in [3.8, 4) is 0 Å². The number of carboxylic acids is 1. The number of ether oxygens (including phenoxy) is 1. The summed E-state index contributed by atoms with van der Waals surface area (Å²) in [7, 11) is 3.30. The zero-order valence-corrected chi connectivity index (χ0v) is 12.0. The third kappa shape index (κ3) is 3.59. The van der Waals surface area contributed by atoms with Gasteiger partial charge in [0.05, 0.1) is 12.0 Å². The van der Waals surface area contributed by atoms with Crippen molar-refractivity contribution in [1.29, 1.82) is 0 Å². The molecule has 6 heteroatoms. The summed E-state index contributed by atoms with van der Waals surface area (Å²) in [5.74, 6) is -0.799. The van der Waals surface area contributed by atoms with Gasteiger partial charge in [-0.3, -0.25) is 4.79 Å². The van der Waals surface area contributed by atoms with Gasteiger partial charge < -0.3 is 19.6 Å². The Morgan fingerprint density at radius 1 is 1.47 bits per heavy atom. The van der Waals surface area contributed by atoms with E-state index in [9.17, 15) is 14.7 Å². The van der Waals surface area contributed by atoms with E-state index >= 15 is 0 Å². The van der Waals surface area contributed by atoms with Crippen molar-refractivity contribution in [2.45, 2.75) is 26.2 Å². The molecule has 0 bridgehead atoms. The summed E-state index contributed by atoms with van der Waals surface area (Å²) in [5.41, 5.74) is -0.782. The third-order valence-corrected chi connectivity index (χ3v) is 3.94. The maximum Gasteiger partial charge on any atom is 0.319 e. The molecule has 19 heavy (non-hydrogen) atoms. The van der Waals surface area contributed by atoms with Crippen LogP contribution in [0.2, 0.25) is 0 Å². The Morgan fingerprint density at radius 3 is 2.68 bits per heavy atom. The largest absolute Gasteiger partial charge is 0.481 e. The van der Waals surface area contributed by atoms with Crippen LogP contribution < -0.4 is 0 Å². The van der Waals surface area contributed by atoms with E-state index < -0.39 is 11.4 Å². The van der Waals surface area contributed by atoms with Gasteiger partial charge in [0.25, 0.3) is 0 Å². The molecule has 1 atom stereocenters. The maximum atomic E-state index is 12.2. The van der Waals surface area contributed by atoms with Crippen LogP contribution >= 0.6 is 0 Å². The molecule has 0 radical (unpaired) electrons. The lowest BCUT2D eigenvalue weighted by molar-refractivity contribution is -0.152. The second-order valence-corrected chi connectivity index (χ2v) is 5.16. The van der Waals surface area contributed by atoms with Crippen LogP contribution in [-0.4, -0.2) is 67.3 Å². The Hall–Kier alpha value is -1.30. The average Bonchev–Trinajstić information content (AvgIpc) is 2.43. The molecule has 0 aromatic carbocycles. The number of nitrogens with zero attached hydrogens (tertiary/aromatic N) is 2. The topological polar surface area (TPSA) is 70.1 Å². The second kappa shape index (κ2) is 6.75. The number of likely N-dealkylation sites (N-methyl/N-ethyl adjacent to an activating group) is 1. The van der Waals surface area contributed by atoms with Crippen molar-refractivity contribution in [2.24, 2.45) is 5.41 Å². The Balaban J connectivity index is 2.68. The molecule has 0 spiro atoms. The van der Waals surface area contributed by atoms with Gasteiger partial charge in [-0.25, -0.2) is 4.79 Å². The predicted octanol–water partition coefficient (Wildman–Crippen LogP) is 1.26. The minimum Gasteiger partial charge on any atom is -0.481 e. The van der Waals surface area contributed by atoms with E-state index in [2.05, 4.69) is 0 Å². The smallest absolute Gasteiger partial charge is 0.319 e. The van der Waals surface area contributed by atoms with Gasteiger partial charge >= 0.3 is 12.0 Å². The van der Waals surface area contributed by atoms with Crippen LogP contribution in [0.4, 0.5) is 4.79 Å². The van der Waals surface area contributed by atoms with E-state index in [0.29, 0.717) is 39.1 Å². The summed E-state index contributed by atoms with van der Waals surface area (Å²) >= 11 is 0. The lowest BCUT2D eigenvalue weighted by Crippen LogP contribution is -2.53. The lowest BCUT2D eigenvalue weighted by atomic mass is 9.78. The number of carbonyl (C=O) groups excluding carboxylic acids is 1. The molecule has 1 N–H and O–H groups in total. The molecule has 1 fully saturated rings. The van der Waals surface area contributed by atoms with Gasteiger partial charge in [-0.05, 0) is 19.3 Å². The van der Waals surface area contributed by atoms with Gasteiger partial charge in [-0.1, -0.05) is 6.92 Å². The summed E-state index contributed by atoms with van der Waals surface area (Å²) in [5, 5.41) is 9.40. The highest BCUT2D eigenvalue weighted by Crippen LogP contribution is 2.33. The summed E-state index contributed by atoms with van der Waals surface area (Å²) in [6, 6.07) is -0.115. The number of likely N-dealkylation sites (tertiary alicyclic amines) is 1. The molecule has 1 heterocycles. The summed E-state index contributed by atoms with van der Waals surface area (Å²) < 4.78 is 4.94. The highest BCUT2D eigenvalue weighted by Gasteiger charge is 2.42. The fraction of sp³-hybridized carbons (Fsp3) is 0.846. The monoisotopic (exact) mass is 272 g/mol. The number of rotatable bonds is 5. The number of urea groups is 1. The predicted molar refractivity (Wildman–Crippen MR) is 71.1 cm³/mol. The first-order valence-electron chi connectivity index (χ1n) is 6.69. The minimum atomic E-state index is -0.799. The number of aliphatic carboxylic acids is 1. The highest BCUT2D eigenvalue weighted by molar-refractivity contribution is 5.78. The van der Waals surface area contributed by atoms with Gasteiger partial charge in [0, 0.05) is 33.8 Å². The molecule has 0 aromatic rings. The van der Waals surface area contributed by atoms with Crippen LogP contribution in [0.1, 0.15) is 26.2 Å². The molecule has 0 aromatic heterocycles. The van der Waals surface area contributed by atoms with Gasteiger partial charge in [-0.2, -0.15) is 0 Å². The summed E-state index contributed by atoms with van der Waals surface area (Å²) in [4.78, 5) is 26.9. The second-order valence-electron chi connectivity index (χ2n) is 5.16. The van der Waals surface area contributed by atoms with E-state index in [0.717, 1.165) is 6.42 Å². The van der Waals surface area contributed by atoms with Crippen molar-refractivity contribution in [3.05, 3.63) is 0 Å². The zero-order chi connectivity index (χ0) is 14.5. The van der Waals surface area contributed by atoms with Crippen molar-refractivity contribution in [3.63, 3.8) is 0 Å². The zero-order valence-electron chi connectivity index (χ0n) is 12.0. The van der Waals surface area contributed by atoms with Crippen molar-refractivity contribution >= 4 is 12.0 Å². The van der Waals surface area contributed by atoms with Crippen molar-refractivity contribution in [1.82, 2.24) is 9.80 Å². The molecule has 110 valence electrons. The molecule has 1 aliphatic heterocycles. The fourth-order valence-electron chi connectivity index (χ4n) is 2.47. The Kier molecular flexibility index (Phi) is 5.60. The van der Waals surface area contributed by atoms with Gasteiger partial charge in [0.15, 0.2) is 0 Å². The number of methoxy groups -OCH3 is 1. The number of carboxylic acid groups (broad SMARTS) is 1. The first-order chi connectivity index (χ1) is 8.96. The SMILES string of the molecule is CCC1(C(=O)O)CCCN(C(=O)N(C)CCOC)C1. The van der Waals surface area contributed by atoms with Gasteiger partial charge in [-0.15, -0.1) is 0 Å². The first-order valence-corrected chi connectivity index (χ1v) is 6.69.